The largest absolute Gasteiger partial charge is 0.366 e. The van der Waals surface area contributed by atoms with E-state index in [2.05, 4.69) is 39.6 Å². The Morgan fingerprint density at radius 2 is 1.72 bits per heavy atom. The molecule has 0 atom stereocenters. The number of hydrogen-bond donors (Lipinski definition) is 1. The summed E-state index contributed by atoms with van der Waals surface area (Å²) in [6.45, 7) is 3.52. The molecular weight excluding hydrogens is 422 g/mol. The number of rotatable bonds is 9. The quantitative estimate of drug-likeness (QED) is 0.417. The van der Waals surface area contributed by atoms with Gasteiger partial charge in [-0.15, -0.1) is 0 Å². The summed E-state index contributed by atoms with van der Waals surface area (Å²) >= 11 is 0. The van der Waals surface area contributed by atoms with E-state index in [1.807, 2.05) is 35.9 Å². The van der Waals surface area contributed by atoms with E-state index in [0.29, 0.717) is 24.6 Å². The van der Waals surface area contributed by atoms with Gasteiger partial charge < -0.3 is 9.88 Å². The highest BCUT2D eigenvalue weighted by atomic mass is 32.2. The summed E-state index contributed by atoms with van der Waals surface area (Å²) in [5.41, 5.74) is 2.94. The SMILES string of the molecule is CCN(c1ccccc1)S(=O)(=O)c1ccc(NCc2ccc(Cn3ccnc3)cc2)nc1. The van der Waals surface area contributed by atoms with Crippen LogP contribution in [0.3, 0.4) is 0 Å². The zero-order valence-corrected chi connectivity index (χ0v) is 18.6. The van der Waals surface area contributed by atoms with Crippen LogP contribution >= 0.6 is 0 Å². The minimum absolute atomic E-state index is 0.164. The fourth-order valence-corrected chi connectivity index (χ4v) is 4.82. The second kappa shape index (κ2) is 9.65. The number of pyridine rings is 1. The molecule has 0 radical (unpaired) electrons. The summed E-state index contributed by atoms with van der Waals surface area (Å²) in [7, 11) is -3.68. The smallest absolute Gasteiger partial charge is 0.265 e. The van der Waals surface area contributed by atoms with Crippen molar-refractivity contribution < 1.29 is 8.42 Å². The zero-order chi connectivity index (χ0) is 22.4. The Labute approximate surface area is 188 Å². The van der Waals surface area contributed by atoms with Crippen molar-refractivity contribution in [1.29, 1.82) is 0 Å². The average Bonchev–Trinajstić information content (AvgIpc) is 3.33. The van der Waals surface area contributed by atoms with Crippen molar-refractivity contribution in [2.45, 2.75) is 24.9 Å². The molecule has 0 saturated heterocycles. The molecule has 0 amide bonds. The van der Waals surface area contributed by atoms with Crippen LogP contribution < -0.4 is 9.62 Å². The van der Waals surface area contributed by atoms with Crippen molar-refractivity contribution in [3.63, 3.8) is 0 Å². The first-order valence-corrected chi connectivity index (χ1v) is 11.8. The number of imidazole rings is 1. The van der Waals surface area contributed by atoms with Crippen LogP contribution in [0.1, 0.15) is 18.1 Å². The van der Waals surface area contributed by atoms with Gasteiger partial charge in [-0.25, -0.2) is 18.4 Å². The minimum Gasteiger partial charge on any atom is -0.366 e. The molecule has 2 aromatic carbocycles. The molecule has 4 rings (SSSR count). The van der Waals surface area contributed by atoms with E-state index >= 15 is 0 Å². The van der Waals surface area contributed by atoms with Gasteiger partial charge in [-0.3, -0.25) is 4.31 Å². The maximum atomic E-state index is 13.1. The molecule has 0 bridgehead atoms. The highest BCUT2D eigenvalue weighted by molar-refractivity contribution is 7.92. The third-order valence-corrected chi connectivity index (χ3v) is 6.96. The molecule has 0 spiro atoms. The Morgan fingerprint density at radius 3 is 2.34 bits per heavy atom. The molecule has 2 aromatic heterocycles. The number of para-hydroxylation sites is 1. The number of sulfonamides is 1. The van der Waals surface area contributed by atoms with Gasteiger partial charge in [0, 0.05) is 38.2 Å². The van der Waals surface area contributed by atoms with Crippen molar-refractivity contribution >= 4 is 21.5 Å². The second-order valence-electron chi connectivity index (χ2n) is 7.29. The molecule has 32 heavy (non-hydrogen) atoms. The molecule has 7 nitrogen and oxygen atoms in total. The van der Waals surface area contributed by atoms with Gasteiger partial charge in [0.15, 0.2) is 0 Å². The number of hydrogen-bond acceptors (Lipinski definition) is 5. The summed E-state index contributed by atoms with van der Waals surface area (Å²) in [4.78, 5) is 8.53. The molecule has 1 N–H and O–H groups in total. The molecule has 2 heterocycles. The summed E-state index contributed by atoms with van der Waals surface area (Å²) in [5, 5.41) is 3.24. The molecule has 0 aliphatic heterocycles. The first-order chi connectivity index (χ1) is 15.6. The average molecular weight is 448 g/mol. The van der Waals surface area contributed by atoms with E-state index in [1.165, 1.54) is 16.1 Å². The lowest BCUT2D eigenvalue weighted by Gasteiger charge is -2.22. The zero-order valence-electron chi connectivity index (χ0n) is 17.8. The van der Waals surface area contributed by atoms with Gasteiger partial charge in [-0.05, 0) is 42.3 Å². The topological polar surface area (TPSA) is 80.1 Å². The third-order valence-electron chi connectivity index (χ3n) is 5.08. The van der Waals surface area contributed by atoms with E-state index in [1.54, 1.807) is 36.8 Å². The predicted molar refractivity (Wildman–Crippen MR) is 126 cm³/mol. The molecule has 164 valence electrons. The fourth-order valence-electron chi connectivity index (χ4n) is 3.40. The molecular formula is C24H25N5O2S. The van der Waals surface area contributed by atoms with E-state index in [-0.39, 0.29) is 4.90 Å². The van der Waals surface area contributed by atoms with Crippen molar-refractivity contribution in [3.05, 3.63) is 103 Å². The number of aromatic nitrogens is 3. The van der Waals surface area contributed by atoms with Crippen LogP contribution in [0.4, 0.5) is 11.5 Å². The fraction of sp³-hybridized carbons (Fsp3) is 0.167. The Morgan fingerprint density at radius 1 is 0.969 bits per heavy atom. The van der Waals surface area contributed by atoms with Crippen LogP contribution in [-0.2, 0) is 23.1 Å². The first kappa shape index (κ1) is 21.6. The van der Waals surface area contributed by atoms with E-state index in [4.69, 9.17) is 0 Å². The highest BCUT2D eigenvalue weighted by Crippen LogP contribution is 2.23. The summed E-state index contributed by atoms with van der Waals surface area (Å²) in [6, 6.07) is 20.7. The number of nitrogens with zero attached hydrogens (tertiary/aromatic N) is 4. The second-order valence-corrected chi connectivity index (χ2v) is 9.15. The molecule has 0 fully saturated rings. The normalized spacial score (nSPS) is 11.3. The maximum absolute atomic E-state index is 13.1. The number of anilines is 2. The van der Waals surface area contributed by atoms with Crippen molar-refractivity contribution in [1.82, 2.24) is 14.5 Å². The Hall–Kier alpha value is -3.65. The van der Waals surface area contributed by atoms with Crippen LogP contribution in [0, 0.1) is 0 Å². The molecule has 8 heteroatoms. The van der Waals surface area contributed by atoms with Gasteiger partial charge in [0.2, 0.25) is 0 Å². The molecule has 0 aliphatic carbocycles. The van der Waals surface area contributed by atoms with Crippen molar-refractivity contribution in [2.75, 3.05) is 16.2 Å². The van der Waals surface area contributed by atoms with Gasteiger partial charge in [-0.2, -0.15) is 0 Å². The predicted octanol–water partition coefficient (Wildman–Crippen LogP) is 4.15. The lowest BCUT2D eigenvalue weighted by molar-refractivity contribution is 0.591. The van der Waals surface area contributed by atoms with Crippen LogP contribution in [0.2, 0.25) is 0 Å². The number of nitrogens with one attached hydrogen (secondary N) is 1. The Kier molecular flexibility index (Phi) is 6.51. The summed E-state index contributed by atoms with van der Waals surface area (Å²) in [6.07, 6.45) is 6.90. The molecule has 0 unspecified atom stereocenters. The van der Waals surface area contributed by atoms with Crippen molar-refractivity contribution in [2.24, 2.45) is 0 Å². The minimum atomic E-state index is -3.68. The molecule has 0 saturated carbocycles. The van der Waals surface area contributed by atoms with Crippen LogP contribution in [0.25, 0.3) is 0 Å². The van der Waals surface area contributed by atoms with Gasteiger partial charge in [0.25, 0.3) is 10.0 Å². The maximum Gasteiger partial charge on any atom is 0.265 e. The molecule has 0 aliphatic rings. The Balaban J connectivity index is 1.39. The first-order valence-electron chi connectivity index (χ1n) is 10.4. The molecule has 4 aromatic rings. The van der Waals surface area contributed by atoms with E-state index < -0.39 is 10.0 Å². The van der Waals surface area contributed by atoms with Crippen molar-refractivity contribution in [3.8, 4) is 0 Å². The van der Waals surface area contributed by atoms with Gasteiger partial charge in [0.05, 0.1) is 12.0 Å². The van der Waals surface area contributed by atoms with Crippen LogP contribution in [-0.4, -0.2) is 29.5 Å². The third kappa shape index (κ3) is 4.97. The Bertz CT molecular complexity index is 1220. The van der Waals surface area contributed by atoms with Gasteiger partial charge >= 0.3 is 0 Å². The van der Waals surface area contributed by atoms with E-state index in [0.717, 1.165) is 12.1 Å². The monoisotopic (exact) mass is 447 g/mol. The van der Waals surface area contributed by atoms with Crippen LogP contribution in [0.15, 0.2) is 96.5 Å². The van der Waals surface area contributed by atoms with E-state index in [9.17, 15) is 8.42 Å². The lowest BCUT2D eigenvalue weighted by Crippen LogP contribution is -2.30. The summed E-state index contributed by atoms with van der Waals surface area (Å²) in [5.74, 6) is 0.620. The standard InChI is InChI=1S/C24H25N5O2S/c1-2-29(22-6-4-3-5-7-22)32(30,31)23-12-13-24(27-17-23)26-16-20-8-10-21(11-9-20)18-28-15-14-25-19-28/h3-15,17,19H,2,16,18H2,1H3,(H,26,27). The van der Waals surface area contributed by atoms with Gasteiger partial charge in [0.1, 0.15) is 10.7 Å². The number of benzene rings is 2. The lowest BCUT2D eigenvalue weighted by atomic mass is 10.1. The van der Waals surface area contributed by atoms with Crippen LogP contribution in [0.5, 0.6) is 0 Å². The summed E-state index contributed by atoms with van der Waals surface area (Å²) < 4.78 is 29.5. The van der Waals surface area contributed by atoms with Gasteiger partial charge in [-0.1, -0.05) is 42.5 Å². The highest BCUT2D eigenvalue weighted by Gasteiger charge is 2.23.